The Morgan fingerprint density at radius 3 is 2.48 bits per heavy atom. The molecular formula is C14H17N3O3S. The van der Waals surface area contributed by atoms with Crippen molar-refractivity contribution in [3.63, 3.8) is 0 Å². The van der Waals surface area contributed by atoms with Crippen LogP contribution >= 0.6 is 0 Å². The maximum atomic E-state index is 12.5. The van der Waals surface area contributed by atoms with Crippen molar-refractivity contribution >= 4 is 15.8 Å². The van der Waals surface area contributed by atoms with E-state index in [0.717, 1.165) is 0 Å². The van der Waals surface area contributed by atoms with Crippen LogP contribution in [0.25, 0.3) is 0 Å². The molecule has 0 aliphatic rings. The summed E-state index contributed by atoms with van der Waals surface area (Å²) in [5.74, 6) is 0.313. The van der Waals surface area contributed by atoms with Crippen molar-refractivity contribution in [3.05, 3.63) is 48.2 Å². The van der Waals surface area contributed by atoms with Gasteiger partial charge in [0.25, 0.3) is 0 Å². The van der Waals surface area contributed by atoms with Crippen molar-refractivity contribution in [2.75, 3.05) is 12.8 Å². The highest BCUT2D eigenvalue weighted by Crippen LogP contribution is 2.30. The summed E-state index contributed by atoms with van der Waals surface area (Å²) in [6, 6.07) is 8.97. The lowest BCUT2D eigenvalue weighted by Gasteiger charge is -2.25. The van der Waals surface area contributed by atoms with Crippen molar-refractivity contribution < 1.29 is 13.5 Å². The molecule has 1 heterocycles. The molecule has 1 atom stereocenters. The van der Waals surface area contributed by atoms with Crippen molar-refractivity contribution in [2.45, 2.75) is 17.9 Å². The van der Waals surface area contributed by atoms with Gasteiger partial charge in [-0.05, 0) is 25.1 Å². The first-order valence-corrected chi connectivity index (χ1v) is 7.75. The number of para-hydroxylation sites is 1. The van der Waals surface area contributed by atoms with E-state index in [-0.39, 0.29) is 16.5 Å². The van der Waals surface area contributed by atoms with E-state index in [1.54, 1.807) is 25.1 Å². The second-order valence-electron chi connectivity index (χ2n) is 4.67. The largest absolute Gasteiger partial charge is 0.508 e. The number of nitrogens with zero attached hydrogens (tertiary/aromatic N) is 2. The second-order valence-corrected chi connectivity index (χ2v) is 6.67. The zero-order valence-electron chi connectivity index (χ0n) is 11.8. The Balaban J connectivity index is 2.36. The van der Waals surface area contributed by atoms with Gasteiger partial charge in [0.2, 0.25) is 10.0 Å². The molecule has 112 valence electrons. The van der Waals surface area contributed by atoms with Crippen LogP contribution in [0.4, 0.5) is 5.82 Å². The number of sulfonamides is 1. The summed E-state index contributed by atoms with van der Waals surface area (Å²) < 4.78 is 26.3. The standard InChI is InChI=1S/C14H17N3O3S/c1-10(12-5-3-4-6-13(12)18)17(2)21(19,20)11-7-8-14(15)16-9-11/h3-10,18H,1-2H3,(H2,15,16). The maximum absolute atomic E-state index is 12.5. The molecule has 7 heteroatoms. The van der Waals surface area contributed by atoms with Crippen LogP contribution < -0.4 is 5.73 Å². The second kappa shape index (κ2) is 5.71. The number of benzene rings is 1. The average molecular weight is 307 g/mol. The van der Waals surface area contributed by atoms with Gasteiger partial charge >= 0.3 is 0 Å². The highest BCUT2D eigenvalue weighted by molar-refractivity contribution is 7.89. The highest BCUT2D eigenvalue weighted by Gasteiger charge is 2.27. The van der Waals surface area contributed by atoms with E-state index in [0.29, 0.717) is 5.56 Å². The minimum atomic E-state index is -3.72. The van der Waals surface area contributed by atoms with E-state index in [4.69, 9.17) is 5.73 Å². The quantitative estimate of drug-likeness (QED) is 0.897. The number of nitrogen functional groups attached to an aromatic ring is 1. The van der Waals surface area contributed by atoms with Crippen molar-refractivity contribution in [1.29, 1.82) is 0 Å². The number of nitrogens with two attached hydrogens (primary N) is 1. The van der Waals surface area contributed by atoms with Gasteiger partial charge in [-0.2, -0.15) is 4.31 Å². The number of aromatic nitrogens is 1. The van der Waals surface area contributed by atoms with Crippen LogP contribution in [0, 0.1) is 0 Å². The van der Waals surface area contributed by atoms with Gasteiger partial charge in [-0.15, -0.1) is 0 Å². The molecule has 1 aromatic carbocycles. The molecule has 3 N–H and O–H groups in total. The van der Waals surface area contributed by atoms with Crippen LogP contribution in [0.1, 0.15) is 18.5 Å². The summed E-state index contributed by atoms with van der Waals surface area (Å²) >= 11 is 0. The van der Waals surface area contributed by atoms with E-state index in [2.05, 4.69) is 4.98 Å². The molecule has 0 fully saturated rings. The minimum Gasteiger partial charge on any atom is -0.508 e. The van der Waals surface area contributed by atoms with Gasteiger partial charge in [-0.1, -0.05) is 18.2 Å². The lowest BCUT2D eigenvalue weighted by Crippen LogP contribution is -2.30. The van der Waals surface area contributed by atoms with Crippen LogP contribution in [0.5, 0.6) is 5.75 Å². The number of phenolic OH excluding ortho intramolecular Hbond substituents is 1. The van der Waals surface area contributed by atoms with E-state index >= 15 is 0 Å². The summed E-state index contributed by atoms with van der Waals surface area (Å²) in [6.07, 6.45) is 1.22. The first-order chi connectivity index (χ1) is 9.84. The number of aromatic hydroxyl groups is 1. The first-order valence-electron chi connectivity index (χ1n) is 6.31. The molecule has 0 amide bonds. The molecule has 1 aromatic heterocycles. The molecule has 2 aromatic rings. The number of hydrogen-bond acceptors (Lipinski definition) is 5. The van der Waals surface area contributed by atoms with Crippen LogP contribution in [-0.2, 0) is 10.0 Å². The fourth-order valence-corrected chi connectivity index (χ4v) is 3.24. The normalized spacial score (nSPS) is 13.3. The minimum absolute atomic E-state index is 0.0569. The van der Waals surface area contributed by atoms with Gasteiger partial charge in [0, 0.05) is 18.8 Å². The first kappa shape index (κ1) is 15.3. The van der Waals surface area contributed by atoms with Gasteiger partial charge in [0.1, 0.15) is 16.5 Å². The van der Waals surface area contributed by atoms with Crippen molar-refractivity contribution in [1.82, 2.24) is 9.29 Å². The zero-order valence-corrected chi connectivity index (χ0v) is 12.6. The third kappa shape index (κ3) is 2.98. The van der Waals surface area contributed by atoms with Gasteiger partial charge in [-0.25, -0.2) is 13.4 Å². The molecule has 0 bridgehead atoms. The third-order valence-corrected chi connectivity index (χ3v) is 5.28. The Bertz CT molecular complexity index is 729. The predicted octanol–water partition coefficient (Wildman–Crippen LogP) is 1.75. The van der Waals surface area contributed by atoms with Gasteiger partial charge in [-0.3, -0.25) is 0 Å². The van der Waals surface area contributed by atoms with E-state index in [1.807, 2.05) is 0 Å². The van der Waals surface area contributed by atoms with Gasteiger partial charge < -0.3 is 10.8 Å². The van der Waals surface area contributed by atoms with E-state index in [9.17, 15) is 13.5 Å². The molecule has 6 nitrogen and oxygen atoms in total. The molecule has 2 rings (SSSR count). The number of rotatable bonds is 4. The summed E-state index contributed by atoms with van der Waals surface area (Å²) in [6.45, 7) is 1.71. The SMILES string of the molecule is CC(c1ccccc1O)N(C)S(=O)(=O)c1ccc(N)nc1. The molecule has 0 saturated heterocycles. The van der Waals surface area contributed by atoms with Crippen molar-refractivity contribution in [3.8, 4) is 5.75 Å². The molecule has 0 radical (unpaired) electrons. The van der Waals surface area contributed by atoms with Crippen LogP contribution in [0.15, 0.2) is 47.5 Å². The van der Waals surface area contributed by atoms with E-state index < -0.39 is 16.1 Å². The topological polar surface area (TPSA) is 96.5 Å². The van der Waals surface area contributed by atoms with Crippen molar-refractivity contribution in [2.24, 2.45) is 0 Å². The fourth-order valence-electron chi connectivity index (χ4n) is 1.96. The van der Waals surface area contributed by atoms with Crippen LogP contribution in [-0.4, -0.2) is 29.9 Å². The number of anilines is 1. The molecule has 1 unspecified atom stereocenters. The maximum Gasteiger partial charge on any atom is 0.244 e. The summed E-state index contributed by atoms with van der Waals surface area (Å²) in [4.78, 5) is 3.86. The summed E-state index contributed by atoms with van der Waals surface area (Å²) in [5, 5.41) is 9.85. The lowest BCUT2D eigenvalue weighted by molar-refractivity contribution is 0.381. The van der Waals surface area contributed by atoms with Gasteiger partial charge in [0.15, 0.2) is 0 Å². The molecule has 0 spiro atoms. The summed E-state index contributed by atoms with van der Waals surface area (Å²) in [5.41, 5.74) is 6.00. The Kier molecular flexibility index (Phi) is 4.15. The molecule has 0 aliphatic heterocycles. The number of phenols is 1. The van der Waals surface area contributed by atoms with E-state index in [1.165, 1.54) is 35.7 Å². The predicted molar refractivity (Wildman–Crippen MR) is 80.1 cm³/mol. The Morgan fingerprint density at radius 1 is 1.24 bits per heavy atom. The molecular weight excluding hydrogens is 290 g/mol. The highest BCUT2D eigenvalue weighted by atomic mass is 32.2. The Labute approximate surface area is 123 Å². The Hall–Kier alpha value is -2.12. The number of pyridine rings is 1. The number of hydrogen-bond donors (Lipinski definition) is 2. The molecule has 21 heavy (non-hydrogen) atoms. The smallest absolute Gasteiger partial charge is 0.244 e. The lowest BCUT2D eigenvalue weighted by atomic mass is 10.1. The summed E-state index contributed by atoms with van der Waals surface area (Å²) in [7, 11) is -2.25. The Morgan fingerprint density at radius 2 is 1.90 bits per heavy atom. The fraction of sp³-hybridized carbons (Fsp3) is 0.214. The average Bonchev–Trinajstić information content (AvgIpc) is 2.46. The van der Waals surface area contributed by atoms with Crippen LogP contribution in [0.2, 0.25) is 0 Å². The third-order valence-electron chi connectivity index (χ3n) is 3.37. The zero-order chi connectivity index (χ0) is 15.6. The monoisotopic (exact) mass is 307 g/mol. The molecule has 0 saturated carbocycles. The molecule has 0 aliphatic carbocycles. The van der Waals surface area contributed by atoms with Crippen LogP contribution in [0.3, 0.4) is 0 Å². The van der Waals surface area contributed by atoms with Gasteiger partial charge in [0.05, 0.1) is 6.04 Å².